The number of rotatable bonds is 9. The molecule has 0 aliphatic heterocycles. The van der Waals surface area contributed by atoms with Gasteiger partial charge in [0.2, 0.25) is 0 Å². The van der Waals surface area contributed by atoms with Crippen LogP contribution in [-0.2, 0) is 6.42 Å². The van der Waals surface area contributed by atoms with Crippen LogP contribution in [0.1, 0.15) is 68.2 Å². The van der Waals surface area contributed by atoms with Gasteiger partial charge in [-0.2, -0.15) is 21.0 Å². The molecule has 0 aliphatic carbocycles. The Morgan fingerprint density at radius 1 is 0.711 bits per heavy atom. The van der Waals surface area contributed by atoms with Crippen LogP contribution in [0.4, 0.5) is 8.78 Å². The SMILES string of the molecule is CCCCCc1ccc(-c2ccccc2-c2ccc(C(C)C(C#N)C(C)C#N)c(C#N)c2C#N)c(F)c1F. The fourth-order valence-electron chi connectivity index (χ4n) is 4.90. The quantitative estimate of drug-likeness (QED) is 0.273. The molecule has 0 spiro atoms. The lowest BCUT2D eigenvalue weighted by atomic mass is 9.77. The standard InChI is InChI=1S/C32H28F2N4/c1-4-5-6-9-22-12-13-27(32(34)31(22)33)25-11-8-7-10-24(25)26-15-14-23(29(18-37)30(26)19-38)21(3)28(17-36)20(2)16-35/h7-8,10-15,20-21,28H,4-6,9H2,1-3H3. The molecule has 3 aromatic rings. The normalized spacial score (nSPS) is 12.9. The summed E-state index contributed by atoms with van der Waals surface area (Å²) in [5.41, 5.74) is 2.38. The lowest BCUT2D eigenvalue weighted by molar-refractivity contribution is 0.458. The molecule has 3 atom stereocenters. The van der Waals surface area contributed by atoms with E-state index in [0.29, 0.717) is 34.2 Å². The minimum atomic E-state index is -0.946. The molecule has 3 aromatic carbocycles. The highest BCUT2D eigenvalue weighted by molar-refractivity contribution is 5.87. The van der Waals surface area contributed by atoms with Crippen molar-refractivity contribution < 1.29 is 8.78 Å². The second kappa shape index (κ2) is 12.6. The van der Waals surface area contributed by atoms with Crippen LogP contribution in [-0.4, -0.2) is 0 Å². The highest BCUT2D eigenvalue weighted by Crippen LogP contribution is 2.40. The lowest BCUT2D eigenvalue weighted by Gasteiger charge is -2.22. The Morgan fingerprint density at radius 3 is 1.92 bits per heavy atom. The zero-order valence-electron chi connectivity index (χ0n) is 21.7. The number of nitrogens with zero attached hydrogens (tertiary/aromatic N) is 4. The first-order chi connectivity index (χ1) is 18.3. The van der Waals surface area contributed by atoms with Gasteiger partial charge in [0.05, 0.1) is 35.1 Å². The van der Waals surface area contributed by atoms with E-state index in [1.807, 2.05) is 6.92 Å². The first kappa shape index (κ1) is 28.1. The van der Waals surface area contributed by atoms with Crippen molar-refractivity contribution in [2.24, 2.45) is 11.8 Å². The molecule has 0 amide bonds. The van der Waals surface area contributed by atoms with Gasteiger partial charge in [-0.05, 0) is 47.9 Å². The molecule has 0 bridgehead atoms. The summed E-state index contributed by atoms with van der Waals surface area (Å²) in [6.45, 7) is 5.45. The molecule has 3 unspecified atom stereocenters. The van der Waals surface area contributed by atoms with E-state index < -0.39 is 29.4 Å². The first-order valence-electron chi connectivity index (χ1n) is 12.7. The monoisotopic (exact) mass is 506 g/mol. The maximum atomic E-state index is 15.3. The summed E-state index contributed by atoms with van der Waals surface area (Å²) in [6.07, 6.45) is 3.14. The third kappa shape index (κ3) is 5.42. The third-order valence-electron chi connectivity index (χ3n) is 7.10. The Hall–Kier alpha value is -4.52. The van der Waals surface area contributed by atoms with E-state index in [2.05, 4.69) is 24.3 Å². The molecular formula is C32H28F2N4. The fourth-order valence-corrected chi connectivity index (χ4v) is 4.90. The second-order valence-electron chi connectivity index (χ2n) is 9.44. The van der Waals surface area contributed by atoms with Crippen LogP contribution in [0.5, 0.6) is 0 Å². The smallest absolute Gasteiger partial charge is 0.166 e. The van der Waals surface area contributed by atoms with E-state index in [1.165, 1.54) is 0 Å². The summed E-state index contributed by atoms with van der Waals surface area (Å²) in [5, 5.41) is 39.1. The molecule has 0 heterocycles. The van der Waals surface area contributed by atoms with Gasteiger partial charge < -0.3 is 0 Å². The van der Waals surface area contributed by atoms with Crippen LogP contribution in [0.15, 0.2) is 48.5 Å². The molecular weight excluding hydrogens is 478 g/mol. The van der Waals surface area contributed by atoms with Crippen LogP contribution in [0.3, 0.4) is 0 Å². The van der Waals surface area contributed by atoms with Gasteiger partial charge in [-0.25, -0.2) is 8.78 Å². The molecule has 0 radical (unpaired) electrons. The van der Waals surface area contributed by atoms with Crippen molar-refractivity contribution in [3.8, 4) is 46.5 Å². The molecule has 0 N–H and O–H groups in total. The number of hydrogen-bond acceptors (Lipinski definition) is 4. The van der Waals surface area contributed by atoms with E-state index in [-0.39, 0.29) is 16.7 Å². The number of aryl methyl sites for hydroxylation is 1. The highest BCUT2D eigenvalue weighted by Gasteiger charge is 2.29. The topological polar surface area (TPSA) is 95.2 Å². The maximum Gasteiger partial charge on any atom is 0.166 e. The summed E-state index contributed by atoms with van der Waals surface area (Å²) >= 11 is 0. The Bertz CT molecular complexity index is 1500. The van der Waals surface area contributed by atoms with Crippen LogP contribution in [0.2, 0.25) is 0 Å². The van der Waals surface area contributed by atoms with E-state index in [9.17, 15) is 25.4 Å². The van der Waals surface area contributed by atoms with Gasteiger partial charge >= 0.3 is 0 Å². The van der Waals surface area contributed by atoms with Gasteiger partial charge in [0, 0.05) is 11.1 Å². The van der Waals surface area contributed by atoms with Crippen molar-refractivity contribution in [3.63, 3.8) is 0 Å². The molecule has 38 heavy (non-hydrogen) atoms. The van der Waals surface area contributed by atoms with Gasteiger partial charge in [-0.3, -0.25) is 0 Å². The van der Waals surface area contributed by atoms with Crippen molar-refractivity contribution in [3.05, 3.63) is 82.4 Å². The van der Waals surface area contributed by atoms with Crippen LogP contribution < -0.4 is 0 Å². The molecule has 190 valence electrons. The van der Waals surface area contributed by atoms with E-state index in [1.54, 1.807) is 62.4 Å². The number of nitriles is 4. The Labute approximate surface area is 223 Å². The average molecular weight is 507 g/mol. The number of hydrogen-bond donors (Lipinski definition) is 0. The first-order valence-corrected chi connectivity index (χ1v) is 12.7. The predicted octanol–water partition coefficient (Wildman–Crippen LogP) is 8.18. The molecule has 4 nitrogen and oxygen atoms in total. The van der Waals surface area contributed by atoms with Crippen LogP contribution in [0, 0.1) is 68.8 Å². The minimum Gasteiger partial charge on any atom is -0.203 e. The Balaban J connectivity index is 2.17. The lowest BCUT2D eigenvalue weighted by Crippen LogP contribution is -2.17. The molecule has 3 rings (SSSR count). The largest absolute Gasteiger partial charge is 0.203 e. The number of halogens is 2. The summed E-state index contributed by atoms with van der Waals surface area (Å²) in [4.78, 5) is 0. The zero-order valence-corrected chi connectivity index (χ0v) is 21.7. The zero-order chi connectivity index (χ0) is 27.8. The van der Waals surface area contributed by atoms with Gasteiger partial charge in [0.15, 0.2) is 11.6 Å². The maximum absolute atomic E-state index is 15.3. The predicted molar refractivity (Wildman–Crippen MR) is 142 cm³/mol. The van der Waals surface area contributed by atoms with Crippen molar-refractivity contribution in [1.29, 1.82) is 21.0 Å². The van der Waals surface area contributed by atoms with Crippen molar-refractivity contribution >= 4 is 0 Å². The van der Waals surface area contributed by atoms with Gasteiger partial charge in [-0.1, -0.05) is 75.2 Å². The fraction of sp³-hybridized carbons (Fsp3) is 0.312. The number of unbranched alkanes of at least 4 members (excludes halogenated alkanes) is 2. The summed E-state index contributed by atoms with van der Waals surface area (Å²) < 4.78 is 30.3. The van der Waals surface area contributed by atoms with Crippen molar-refractivity contribution in [2.75, 3.05) is 0 Å². The van der Waals surface area contributed by atoms with E-state index >= 15 is 4.39 Å². The van der Waals surface area contributed by atoms with Crippen LogP contribution in [0.25, 0.3) is 22.3 Å². The minimum absolute atomic E-state index is 0.0737. The van der Waals surface area contributed by atoms with Gasteiger partial charge in [-0.15, -0.1) is 0 Å². The third-order valence-corrected chi connectivity index (χ3v) is 7.10. The molecule has 0 fully saturated rings. The Morgan fingerprint density at radius 2 is 1.34 bits per heavy atom. The molecule has 0 saturated heterocycles. The second-order valence-corrected chi connectivity index (χ2v) is 9.44. The molecule has 0 aromatic heterocycles. The summed E-state index contributed by atoms with van der Waals surface area (Å²) in [5.74, 6) is -3.55. The van der Waals surface area contributed by atoms with Crippen LogP contribution >= 0.6 is 0 Å². The molecule has 6 heteroatoms. The number of benzene rings is 3. The van der Waals surface area contributed by atoms with Gasteiger partial charge in [0.25, 0.3) is 0 Å². The molecule has 0 saturated carbocycles. The molecule has 0 aliphatic rings. The van der Waals surface area contributed by atoms with E-state index in [4.69, 9.17) is 0 Å². The average Bonchev–Trinajstić information content (AvgIpc) is 2.94. The van der Waals surface area contributed by atoms with Crippen molar-refractivity contribution in [2.45, 2.75) is 52.4 Å². The summed E-state index contributed by atoms with van der Waals surface area (Å²) in [7, 11) is 0. The van der Waals surface area contributed by atoms with Crippen molar-refractivity contribution in [1.82, 2.24) is 0 Å². The Kier molecular flexibility index (Phi) is 9.33. The van der Waals surface area contributed by atoms with E-state index in [0.717, 1.165) is 19.3 Å². The summed E-state index contributed by atoms with van der Waals surface area (Å²) in [6, 6.07) is 21.8. The van der Waals surface area contributed by atoms with Gasteiger partial charge in [0.1, 0.15) is 12.1 Å². The highest BCUT2D eigenvalue weighted by atomic mass is 19.2.